The first-order chi connectivity index (χ1) is 8.54. The molecule has 1 saturated heterocycles. The molecule has 0 aliphatic carbocycles. The van der Waals surface area contributed by atoms with Crippen molar-refractivity contribution < 1.29 is 4.79 Å². The van der Waals surface area contributed by atoms with Crippen LogP contribution in [-0.2, 0) is 4.79 Å². The highest BCUT2D eigenvalue weighted by atomic mass is 16.1. The van der Waals surface area contributed by atoms with Gasteiger partial charge < -0.3 is 22.1 Å². The van der Waals surface area contributed by atoms with Crippen molar-refractivity contribution >= 4 is 23.5 Å². The summed E-state index contributed by atoms with van der Waals surface area (Å²) in [6.45, 7) is 1.65. The zero-order valence-electron chi connectivity index (χ0n) is 10.2. The van der Waals surface area contributed by atoms with Crippen LogP contribution >= 0.6 is 0 Å². The number of hydrogen-bond donors (Lipinski definition) is 3. The third-order valence-electron chi connectivity index (χ3n) is 3.18. The molecule has 0 radical (unpaired) electrons. The largest absolute Gasteiger partial charge is 0.383 e. The van der Waals surface area contributed by atoms with Gasteiger partial charge in [-0.15, -0.1) is 0 Å². The van der Waals surface area contributed by atoms with Crippen LogP contribution in [0.25, 0.3) is 0 Å². The van der Waals surface area contributed by atoms with E-state index in [0.29, 0.717) is 18.2 Å². The summed E-state index contributed by atoms with van der Waals surface area (Å²) >= 11 is 0. The Morgan fingerprint density at radius 2 is 2.00 bits per heavy atom. The summed E-state index contributed by atoms with van der Waals surface area (Å²) in [5, 5.41) is 0. The van der Waals surface area contributed by atoms with Crippen LogP contribution in [0.2, 0.25) is 0 Å². The van der Waals surface area contributed by atoms with Crippen LogP contribution in [0.4, 0.5) is 17.6 Å². The number of aromatic nitrogens is 2. The molecule has 6 N–H and O–H groups in total. The predicted octanol–water partition coefficient (Wildman–Crippen LogP) is -0.267. The van der Waals surface area contributed by atoms with Gasteiger partial charge in [-0.3, -0.25) is 4.79 Å². The lowest BCUT2D eigenvalue weighted by molar-refractivity contribution is -0.119. The van der Waals surface area contributed by atoms with Crippen LogP contribution in [0.15, 0.2) is 6.07 Å². The van der Waals surface area contributed by atoms with Gasteiger partial charge in [-0.2, -0.15) is 9.97 Å². The molecule has 98 valence electrons. The van der Waals surface area contributed by atoms with E-state index in [-0.39, 0.29) is 11.9 Å². The maximum atomic E-state index is 10.9. The summed E-state index contributed by atoms with van der Waals surface area (Å²) in [4.78, 5) is 21.0. The van der Waals surface area contributed by atoms with E-state index in [1.165, 1.54) is 0 Å². The van der Waals surface area contributed by atoms with Crippen molar-refractivity contribution in [3.63, 3.8) is 0 Å². The van der Waals surface area contributed by atoms with Gasteiger partial charge in [0.2, 0.25) is 11.9 Å². The van der Waals surface area contributed by atoms with Gasteiger partial charge in [0.25, 0.3) is 0 Å². The molecule has 7 heteroatoms. The summed E-state index contributed by atoms with van der Waals surface area (Å²) in [7, 11) is 0. The van der Waals surface area contributed by atoms with E-state index >= 15 is 0 Å². The van der Waals surface area contributed by atoms with Crippen molar-refractivity contribution in [2.45, 2.75) is 19.3 Å². The van der Waals surface area contributed by atoms with Gasteiger partial charge in [0, 0.05) is 25.6 Å². The number of nitrogens with zero attached hydrogens (tertiary/aromatic N) is 3. The molecule has 0 bridgehead atoms. The maximum absolute atomic E-state index is 10.9. The first-order valence-corrected chi connectivity index (χ1v) is 5.98. The first-order valence-electron chi connectivity index (χ1n) is 5.98. The summed E-state index contributed by atoms with van der Waals surface area (Å²) in [6, 6.07) is 1.71. The van der Waals surface area contributed by atoms with Gasteiger partial charge in [0.05, 0.1) is 0 Å². The number of anilines is 3. The zero-order chi connectivity index (χ0) is 13.1. The Hall–Kier alpha value is -2.05. The molecule has 2 heterocycles. The van der Waals surface area contributed by atoms with E-state index in [9.17, 15) is 4.79 Å². The normalized spacial score (nSPS) is 16.8. The maximum Gasteiger partial charge on any atom is 0.223 e. The number of primary amides is 1. The molecule has 0 atom stereocenters. The molecule has 1 aromatic rings. The van der Waals surface area contributed by atoms with Gasteiger partial charge in [-0.25, -0.2) is 0 Å². The van der Waals surface area contributed by atoms with Crippen LogP contribution in [0.3, 0.4) is 0 Å². The number of amides is 1. The van der Waals surface area contributed by atoms with E-state index in [1.807, 2.05) is 0 Å². The Kier molecular flexibility index (Phi) is 3.50. The summed E-state index contributed by atoms with van der Waals surface area (Å²) in [5.74, 6) is 1.44. The van der Waals surface area contributed by atoms with E-state index in [0.717, 1.165) is 31.7 Å². The van der Waals surface area contributed by atoms with Crippen LogP contribution in [0.5, 0.6) is 0 Å². The van der Waals surface area contributed by atoms with E-state index in [2.05, 4.69) is 14.9 Å². The van der Waals surface area contributed by atoms with Crippen LogP contribution in [0, 0.1) is 5.92 Å². The number of hydrogen-bond acceptors (Lipinski definition) is 6. The number of nitrogens with two attached hydrogens (primary N) is 3. The number of carbonyl (C=O) groups is 1. The topological polar surface area (TPSA) is 124 Å². The summed E-state index contributed by atoms with van der Waals surface area (Å²) in [6.07, 6.45) is 2.31. The third kappa shape index (κ3) is 2.99. The lowest BCUT2D eigenvalue weighted by Gasteiger charge is -2.32. The molecule has 2 rings (SSSR count). The Balaban J connectivity index is 1.98. The molecule has 0 aromatic carbocycles. The minimum Gasteiger partial charge on any atom is -0.383 e. The second-order valence-corrected chi connectivity index (χ2v) is 4.61. The molecule has 0 unspecified atom stereocenters. The summed E-state index contributed by atoms with van der Waals surface area (Å²) < 4.78 is 0. The van der Waals surface area contributed by atoms with Crippen LogP contribution in [0.1, 0.15) is 19.3 Å². The molecular weight excluding hydrogens is 232 g/mol. The molecule has 0 spiro atoms. The first kappa shape index (κ1) is 12.4. The Labute approximate surface area is 105 Å². The van der Waals surface area contributed by atoms with Crippen molar-refractivity contribution in [3.8, 4) is 0 Å². The van der Waals surface area contributed by atoms with Crippen molar-refractivity contribution in [3.05, 3.63) is 6.07 Å². The fourth-order valence-electron chi connectivity index (χ4n) is 2.28. The zero-order valence-corrected chi connectivity index (χ0v) is 10.2. The number of piperidine rings is 1. The molecule has 1 amide bonds. The van der Waals surface area contributed by atoms with Gasteiger partial charge in [0.1, 0.15) is 11.6 Å². The lowest BCUT2D eigenvalue weighted by Crippen LogP contribution is -2.35. The van der Waals surface area contributed by atoms with Gasteiger partial charge in [-0.1, -0.05) is 0 Å². The van der Waals surface area contributed by atoms with Crippen molar-refractivity contribution in [1.29, 1.82) is 0 Å². The molecular formula is C11H18N6O. The summed E-state index contributed by atoms with van der Waals surface area (Å²) in [5.41, 5.74) is 16.4. The van der Waals surface area contributed by atoms with E-state index in [1.54, 1.807) is 6.07 Å². The number of rotatable bonds is 3. The Morgan fingerprint density at radius 3 is 2.56 bits per heavy atom. The quantitative estimate of drug-likeness (QED) is 0.678. The van der Waals surface area contributed by atoms with Gasteiger partial charge in [0.15, 0.2) is 0 Å². The van der Waals surface area contributed by atoms with E-state index < -0.39 is 0 Å². The SMILES string of the molecule is NC(=O)CC1CCN(c2cc(N)nc(N)n2)CC1. The molecule has 1 fully saturated rings. The Bertz CT molecular complexity index is 421. The third-order valence-corrected chi connectivity index (χ3v) is 3.18. The number of carbonyl (C=O) groups excluding carboxylic acids is 1. The Morgan fingerprint density at radius 1 is 1.33 bits per heavy atom. The monoisotopic (exact) mass is 250 g/mol. The van der Waals surface area contributed by atoms with Crippen LogP contribution in [-0.4, -0.2) is 29.0 Å². The lowest BCUT2D eigenvalue weighted by atomic mass is 9.93. The average molecular weight is 250 g/mol. The smallest absolute Gasteiger partial charge is 0.223 e. The molecule has 1 aliphatic rings. The van der Waals surface area contributed by atoms with Gasteiger partial charge in [-0.05, 0) is 18.8 Å². The predicted molar refractivity (Wildman–Crippen MR) is 69.6 cm³/mol. The van der Waals surface area contributed by atoms with Gasteiger partial charge >= 0.3 is 0 Å². The highest BCUT2D eigenvalue weighted by Gasteiger charge is 2.21. The number of nitrogen functional groups attached to an aromatic ring is 2. The molecule has 0 saturated carbocycles. The molecule has 7 nitrogen and oxygen atoms in total. The fourth-order valence-corrected chi connectivity index (χ4v) is 2.28. The molecule has 1 aromatic heterocycles. The van der Waals surface area contributed by atoms with Crippen molar-refractivity contribution in [2.75, 3.05) is 29.5 Å². The minimum absolute atomic E-state index is 0.184. The molecule has 18 heavy (non-hydrogen) atoms. The van der Waals surface area contributed by atoms with Crippen molar-refractivity contribution in [2.24, 2.45) is 11.7 Å². The highest BCUT2D eigenvalue weighted by molar-refractivity contribution is 5.74. The molecule has 1 aliphatic heterocycles. The standard InChI is InChI=1S/C11H18N6O/c12-8-6-10(16-11(14)15-8)17-3-1-7(2-4-17)5-9(13)18/h6-7H,1-5H2,(H2,13,18)(H4,12,14,15,16). The minimum atomic E-state index is -0.232. The fraction of sp³-hybridized carbons (Fsp3) is 0.545. The second-order valence-electron chi connectivity index (χ2n) is 4.61. The second kappa shape index (κ2) is 5.07. The highest BCUT2D eigenvalue weighted by Crippen LogP contribution is 2.24. The average Bonchev–Trinajstić information content (AvgIpc) is 2.27. The van der Waals surface area contributed by atoms with E-state index in [4.69, 9.17) is 17.2 Å². The van der Waals surface area contributed by atoms with Crippen LogP contribution < -0.4 is 22.1 Å². The van der Waals surface area contributed by atoms with Crippen molar-refractivity contribution in [1.82, 2.24) is 9.97 Å².